The number of nitrogens with zero attached hydrogens (tertiary/aromatic N) is 5. The van der Waals surface area contributed by atoms with Crippen molar-refractivity contribution >= 4 is 23.7 Å². The van der Waals surface area contributed by atoms with Gasteiger partial charge in [0.2, 0.25) is 17.8 Å². The average Bonchev–Trinajstić information content (AvgIpc) is 2.96. The summed E-state index contributed by atoms with van der Waals surface area (Å²) in [5.41, 5.74) is 5.67. The summed E-state index contributed by atoms with van der Waals surface area (Å²) in [7, 11) is 0. The highest BCUT2D eigenvalue weighted by Crippen LogP contribution is 2.07. The number of rotatable bonds is 8. The van der Waals surface area contributed by atoms with Gasteiger partial charge in [0, 0.05) is 31.3 Å². The Kier molecular flexibility index (Phi) is 5.56. The van der Waals surface area contributed by atoms with Crippen LogP contribution in [0.4, 0.5) is 11.9 Å². The van der Waals surface area contributed by atoms with Gasteiger partial charge in [0.1, 0.15) is 6.33 Å². The van der Waals surface area contributed by atoms with Crippen molar-refractivity contribution in [2.24, 2.45) is 0 Å². The summed E-state index contributed by atoms with van der Waals surface area (Å²) in [4.78, 5) is 16.3. The number of imidazole rings is 1. The fraction of sp³-hybridized carbons (Fsp3) is 0.455. The lowest BCUT2D eigenvalue weighted by atomic mass is 10.5. The molecule has 0 bridgehead atoms. The smallest absolute Gasteiger partial charge is 0.241 e. The first-order valence-electron chi connectivity index (χ1n) is 6.22. The fourth-order valence-corrected chi connectivity index (χ4v) is 2.24. The van der Waals surface area contributed by atoms with Crippen molar-refractivity contribution in [2.45, 2.75) is 6.42 Å². The zero-order chi connectivity index (χ0) is 14.2. The van der Waals surface area contributed by atoms with Crippen molar-refractivity contribution in [3.8, 4) is 5.95 Å². The molecule has 2 rings (SSSR count). The number of anilines is 2. The molecule has 2 aromatic rings. The van der Waals surface area contributed by atoms with Crippen LogP contribution in [0.1, 0.15) is 6.42 Å². The van der Waals surface area contributed by atoms with E-state index in [1.807, 2.05) is 0 Å². The van der Waals surface area contributed by atoms with Gasteiger partial charge in [-0.05, 0) is 12.2 Å². The lowest BCUT2D eigenvalue weighted by Crippen LogP contribution is -2.12. The van der Waals surface area contributed by atoms with Crippen LogP contribution in [0.3, 0.4) is 0 Å². The predicted octanol–water partition coefficient (Wildman–Crippen LogP) is 0.167. The molecule has 8 nitrogen and oxygen atoms in total. The van der Waals surface area contributed by atoms with Crippen LogP contribution in [0.25, 0.3) is 5.95 Å². The zero-order valence-corrected chi connectivity index (χ0v) is 11.8. The topological polar surface area (TPSA) is 115 Å². The maximum atomic E-state index is 8.68. The van der Waals surface area contributed by atoms with Crippen molar-refractivity contribution in [3.05, 3.63) is 18.7 Å². The highest BCUT2D eigenvalue weighted by molar-refractivity contribution is 7.99. The van der Waals surface area contributed by atoms with Crippen LogP contribution in [-0.2, 0) is 0 Å². The van der Waals surface area contributed by atoms with Crippen molar-refractivity contribution in [1.29, 1.82) is 0 Å². The highest BCUT2D eigenvalue weighted by atomic mass is 32.2. The first kappa shape index (κ1) is 14.5. The molecule has 0 spiro atoms. The van der Waals surface area contributed by atoms with Crippen LogP contribution >= 0.6 is 11.8 Å². The monoisotopic (exact) mass is 295 g/mol. The molecule has 0 aliphatic heterocycles. The Morgan fingerprint density at radius 3 is 2.95 bits per heavy atom. The summed E-state index contributed by atoms with van der Waals surface area (Å²) in [6.07, 6.45) is 5.80. The van der Waals surface area contributed by atoms with Gasteiger partial charge in [0.05, 0.1) is 0 Å². The van der Waals surface area contributed by atoms with Gasteiger partial charge < -0.3 is 16.2 Å². The van der Waals surface area contributed by atoms with E-state index in [2.05, 4.69) is 25.3 Å². The molecule has 0 atom stereocenters. The Morgan fingerprint density at radius 2 is 2.20 bits per heavy atom. The number of hydrogen-bond acceptors (Lipinski definition) is 8. The van der Waals surface area contributed by atoms with E-state index in [-0.39, 0.29) is 12.6 Å². The molecule has 0 unspecified atom stereocenters. The number of nitrogen functional groups attached to an aromatic ring is 1. The van der Waals surface area contributed by atoms with E-state index in [0.29, 0.717) is 11.9 Å². The van der Waals surface area contributed by atoms with Crippen LogP contribution < -0.4 is 11.1 Å². The number of nitrogens with two attached hydrogens (primary N) is 1. The first-order valence-corrected chi connectivity index (χ1v) is 7.37. The van der Waals surface area contributed by atoms with Crippen LogP contribution in [0.5, 0.6) is 0 Å². The summed E-state index contributed by atoms with van der Waals surface area (Å²) in [5.74, 6) is 2.90. The Bertz CT molecular complexity index is 519. The van der Waals surface area contributed by atoms with Gasteiger partial charge >= 0.3 is 0 Å². The highest BCUT2D eigenvalue weighted by Gasteiger charge is 2.05. The molecule has 0 saturated carbocycles. The fourth-order valence-electron chi connectivity index (χ4n) is 1.46. The summed E-state index contributed by atoms with van der Waals surface area (Å²) in [5, 5.41) is 11.8. The Morgan fingerprint density at radius 1 is 1.30 bits per heavy atom. The number of aliphatic hydroxyl groups is 1. The molecular formula is C11H17N7OS. The minimum atomic E-state index is 0.166. The van der Waals surface area contributed by atoms with E-state index in [1.165, 1.54) is 0 Å². The van der Waals surface area contributed by atoms with Gasteiger partial charge in [-0.3, -0.25) is 4.57 Å². The van der Waals surface area contributed by atoms with Gasteiger partial charge in [0.25, 0.3) is 0 Å². The second kappa shape index (κ2) is 7.65. The van der Waals surface area contributed by atoms with E-state index in [0.717, 1.165) is 24.5 Å². The molecule has 0 radical (unpaired) electrons. The van der Waals surface area contributed by atoms with Gasteiger partial charge in [-0.15, -0.1) is 0 Å². The van der Waals surface area contributed by atoms with E-state index < -0.39 is 0 Å². The second-order valence-corrected chi connectivity index (χ2v) is 5.13. The van der Waals surface area contributed by atoms with Crippen molar-refractivity contribution in [1.82, 2.24) is 24.5 Å². The third-order valence-corrected chi connectivity index (χ3v) is 3.42. The number of hydrogen-bond donors (Lipinski definition) is 3. The normalized spacial score (nSPS) is 10.7. The van der Waals surface area contributed by atoms with Crippen molar-refractivity contribution < 1.29 is 5.11 Å². The number of nitrogens with one attached hydrogen (secondary N) is 1. The molecular weight excluding hydrogens is 278 g/mol. The van der Waals surface area contributed by atoms with Gasteiger partial charge in [-0.1, -0.05) is 0 Å². The Balaban J connectivity index is 1.88. The first-order chi connectivity index (χ1) is 9.79. The third-order valence-electron chi connectivity index (χ3n) is 2.35. The molecule has 20 heavy (non-hydrogen) atoms. The number of aliphatic hydroxyl groups excluding tert-OH is 1. The molecule has 9 heteroatoms. The lowest BCUT2D eigenvalue weighted by Gasteiger charge is -2.07. The molecule has 2 heterocycles. The standard InChI is InChI=1S/C11H17N7OS/c12-9-15-10(14-3-7-20-6-1-5-19)17-11(16-9)18-4-2-13-8-18/h2,4,8,19H,1,3,5-7H2,(H3,12,14,15,16,17). The lowest BCUT2D eigenvalue weighted by molar-refractivity contribution is 0.296. The predicted molar refractivity (Wildman–Crippen MR) is 78.9 cm³/mol. The van der Waals surface area contributed by atoms with Crippen LogP contribution in [0.15, 0.2) is 18.7 Å². The molecule has 0 aromatic carbocycles. The van der Waals surface area contributed by atoms with Gasteiger partial charge in [-0.2, -0.15) is 26.7 Å². The zero-order valence-electron chi connectivity index (χ0n) is 10.9. The summed E-state index contributed by atoms with van der Waals surface area (Å²) >= 11 is 1.76. The molecule has 4 N–H and O–H groups in total. The maximum Gasteiger partial charge on any atom is 0.241 e. The molecule has 0 amide bonds. The van der Waals surface area contributed by atoms with Crippen LogP contribution in [-0.4, -0.2) is 54.3 Å². The van der Waals surface area contributed by atoms with Crippen molar-refractivity contribution in [2.75, 3.05) is 35.7 Å². The van der Waals surface area contributed by atoms with Crippen molar-refractivity contribution in [3.63, 3.8) is 0 Å². The molecule has 0 fully saturated rings. The maximum absolute atomic E-state index is 8.68. The SMILES string of the molecule is Nc1nc(NCCSCCCO)nc(-n2ccnc2)n1. The minimum Gasteiger partial charge on any atom is -0.396 e. The Hall–Kier alpha value is -1.87. The Labute approximate surface area is 120 Å². The quantitative estimate of drug-likeness (QED) is 0.590. The molecule has 2 aromatic heterocycles. The van der Waals surface area contributed by atoms with E-state index in [1.54, 1.807) is 35.0 Å². The van der Waals surface area contributed by atoms with Gasteiger partial charge in [-0.25, -0.2) is 4.98 Å². The third kappa shape index (κ3) is 4.35. The van der Waals surface area contributed by atoms with E-state index in [9.17, 15) is 0 Å². The summed E-state index contributed by atoms with van der Waals surface area (Å²) < 4.78 is 1.67. The number of aromatic nitrogens is 5. The molecule has 0 aliphatic rings. The second-order valence-electron chi connectivity index (χ2n) is 3.90. The summed E-state index contributed by atoms with van der Waals surface area (Å²) in [6, 6.07) is 0. The van der Waals surface area contributed by atoms with Gasteiger partial charge in [0.15, 0.2) is 0 Å². The van der Waals surface area contributed by atoms with Crippen LogP contribution in [0.2, 0.25) is 0 Å². The van der Waals surface area contributed by atoms with E-state index in [4.69, 9.17) is 10.8 Å². The number of thioether (sulfide) groups is 1. The molecule has 0 aliphatic carbocycles. The minimum absolute atomic E-state index is 0.166. The van der Waals surface area contributed by atoms with E-state index >= 15 is 0 Å². The molecule has 108 valence electrons. The molecule has 0 saturated heterocycles. The van der Waals surface area contributed by atoms with Crippen LogP contribution in [0, 0.1) is 0 Å². The average molecular weight is 295 g/mol. The summed E-state index contributed by atoms with van der Waals surface area (Å²) in [6.45, 7) is 0.960. The largest absolute Gasteiger partial charge is 0.396 e.